The molecule has 1 heterocycles. The molecule has 1 aromatic heterocycles. The Morgan fingerprint density at radius 1 is 1.38 bits per heavy atom. The third-order valence-corrected chi connectivity index (χ3v) is 2.25. The van der Waals surface area contributed by atoms with E-state index in [1.54, 1.807) is 6.20 Å². The van der Waals surface area contributed by atoms with Crippen LogP contribution in [-0.4, -0.2) is 4.98 Å². The smallest absolute Gasteiger partial charge is 0.123 e. The second kappa shape index (κ2) is 3.75. The normalized spacial score (nSPS) is 13.3. The molecule has 0 fully saturated rings. The molecule has 0 amide bonds. The average molecular weight is 179 g/mol. The molecule has 0 aliphatic rings. The molecule has 0 spiro atoms. The summed E-state index contributed by atoms with van der Waals surface area (Å²) < 4.78 is 0. The van der Waals surface area contributed by atoms with Gasteiger partial charge in [0.1, 0.15) is 5.82 Å². The van der Waals surface area contributed by atoms with E-state index in [1.165, 1.54) is 0 Å². The Morgan fingerprint density at radius 3 is 2.46 bits per heavy atom. The highest BCUT2D eigenvalue weighted by Crippen LogP contribution is 2.22. The second-order valence-corrected chi connectivity index (χ2v) is 3.74. The van der Waals surface area contributed by atoms with Crippen molar-refractivity contribution in [3.8, 4) is 0 Å². The summed E-state index contributed by atoms with van der Waals surface area (Å²) in [6.07, 6.45) is 1.77. The first-order valence-electron chi connectivity index (χ1n) is 4.50. The van der Waals surface area contributed by atoms with Crippen LogP contribution in [0.2, 0.25) is 0 Å². The standard InChI is InChI=1S/C10H17N3/c1-6(2)10(12)8-5-13-9(11)4-7(8)3/h4-6,10H,12H2,1-3H3,(H2,11,13)/t10-/m0/s1. The van der Waals surface area contributed by atoms with Crippen LogP contribution in [0.15, 0.2) is 12.3 Å². The quantitative estimate of drug-likeness (QED) is 0.725. The monoisotopic (exact) mass is 179 g/mol. The Balaban J connectivity index is 3.01. The van der Waals surface area contributed by atoms with Crippen molar-refractivity contribution >= 4 is 5.82 Å². The Bertz CT molecular complexity index is 294. The highest BCUT2D eigenvalue weighted by atomic mass is 14.8. The minimum Gasteiger partial charge on any atom is -0.384 e. The molecule has 1 atom stereocenters. The molecule has 0 bridgehead atoms. The molecule has 0 unspecified atom stereocenters. The van der Waals surface area contributed by atoms with Gasteiger partial charge in [-0.05, 0) is 30.0 Å². The molecule has 0 saturated carbocycles. The number of hydrogen-bond acceptors (Lipinski definition) is 3. The molecule has 0 aromatic carbocycles. The predicted molar refractivity (Wildman–Crippen MR) is 55.2 cm³/mol. The fourth-order valence-electron chi connectivity index (χ4n) is 1.30. The molecular formula is C10H17N3. The van der Waals surface area contributed by atoms with Crippen LogP contribution >= 0.6 is 0 Å². The van der Waals surface area contributed by atoms with Crippen molar-refractivity contribution < 1.29 is 0 Å². The molecule has 0 aliphatic carbocycles. The number of pyridine rings is 1. The van der Waals surface area contributed by atoms with Crippen molar-refractivity contribution in [2.24, 2.45) is 11.7 Å². The molecule has 1 rings (SSSR count). The SMILES string of the molecule is Cc1cc(N)ncc1[C@@H](N)C(C)C. The maximum absolute atomic E-state index is 6.01. The third kappa shape index (κ3) is 2.18. The van der Waals surface area contributed by atoms with Crippen LogP contribution in [-0.2, 0) is 0 Å². The number of rotatable bonds is 2. The van der Waals surface area contributed by atoms with Crippen LogP contribution in [0.5, 0.6) is 0 Å². The van der Waals surface area contributed by atoms with E-state index in [0.717, 1.165) is 11.1 Å². The molecule has 13 heavy (non-hydrogen) atoms. The van der Waals surface area contributed by atoms with Crippen LogP contribution in [0.25, 0.3) is 0 Å². The Hall–Kier alpha value is -1.09. The van der Waals surface area contributed by atoms with Gasteiger partial charge < -0.3 is 11.5 Å². The fourth-order valence-corrected chi connectivity index (χ4v) is 1.30. The van der Waals surface area contributed by atoms with Crippen molar-refractivity contribution in [1.29, 1.82) is 0 Å². The highest BCUT2D eigenvalue weighted by molar-refractivity contribution is 5.37. The average Bonchev–Trinajstić information content (AvgIpc) is 2.03. The van der Waals surface area contributed by atoms with Crippen LogP contribution in [0.4, 0.5) is 5.82 Å². The van der Waals surface area contributed by atoms with Gasteiger partial charge in [0.15, 0.2) is 0 Å². The van der Waals surface area contributed by atoms with Crippen molar-refractivity contribution in [2.75, 3.05) is 5.73 Å². The lowest BCUT2D eigenvalue weighted by molar-refractivity contribution is 0.511. The van der Waals surface area contributed by atoms with Crippen LogP contribution in [0.1, 0.15) is 31.0 Å². The lowest BCUT2D eigenvalue weighted by atomic mass is 9.95. The molecule has 0 radical (unpaired) electrons. The van der Waals surface area contributed by atoms with E-state index in [2.05, 4.69) is 18.8 Å². The summed E-state index contributed by atoms with van der Waals surface area (Å²) in [5.41, 5.74) is 13.8. The molecule has 3 nitrogen and oxygen atoms in total. The molecule has 0 aliphatic heterocycles. The van der Waals surface area contributed by atoms with Gasteiger partial charge in [-0.3, -0.25) is 0 Å². The first-order chi connectivity index (χ1) is 6.02. The summed E-state index contributed by atoms with van der Waals surface area (Å²) in [7, 11) is 0. The van der Waals surface area contributed by atoms with Gasteiger partial charge in [-0.2, -0.15) is 0 Å². The van der Waals surface area contributed by atoms with Gasteiger partial charge in [-0.25, -0.2) is 4.98 Å². The minimum atomic E-state index is 0.0492. The van der Waals surface area contributed by atoms with Gasteiger partial charge in [-0.1, -0.05) is 13.8 Å². The largest absolute Gasteiger partial charge is 0.384 e. The first-order valence-corrected chi connectivity index (χ1v) is 4.50. The van der Waals surface area contributed by atoms with Gasteiger partial charge in [0.05, 0.1) is 0 Å². The van der Waals surface area contributed by atoms with E-state index < -0.39 is 0 Å². The summed E-state index contributed by atoms with van der Waals surface area (Å²) in [6, 6.07) is 1.91. The van der Waals surface area contributed by atoms with Gasteiger partial charge in [0.25, 0.3) is 0 Å². The van der Waals surface area contributed by atoms with E-state index in [1.807, 2.05) is 13.0 Å². The van der Waals surface area contributed by atoms with Gasteiger partial charge in [0, 0.05) is 12.2 Å². The summed E-state index contributed by atoms with van der Waals surface area (Å²) in [5.74, 6) is 0.973. The summed E-state index contributed by atoms with van der Waals surface area (Å²) in [6.45, 7) is 6.20. The van der Waals surface area contributed by atoms with Crippen molar-refractivity contribution in [3.63, 3.8) is 0 Å². The summed E-state index contributed by atoms with van der Waals surface area (Å²) >= 11 is 0. The Kier molecular flexibility index (Phi) is 2.88. The lowest BCUT2D eigenvalue weighted by Gasteiger charge is -2.17. The predicted octanol–water partition coefficient (Wildman–Crippen LogP) is 1.63. The molecule has 1 aromatic rings. The van der Waals surface area contributed by atoms with Gasteiger partial charge in [0.2, 0.25) is 0 Å². The van der Waals surface area contributed by atoms with E-state index in [4.69, 9.17) is 11.5 Å². The number of hydrogen-bond donors (Lipinski definition) is 2. The lowest BCUT2D eigenvalue weighted by Crippen LogP contribution is -2.18. The highest BCUT2D eigenvalue weighted by Gasteiger charge is 2.12. The zero-order valence-electron chi connectivity index (χ0n) is 8.41. The summed E-state index contributed by atoms with van der Waals surface area (Å²) in [4.78, 5) is 4.04. The zero-order chi connectivity index (χ0) is 10.0. The topological polar surface area (TPSA) is 64.9 Å². The fraction of sp³-hybridized carbons (Fsp3) is 0.500. The second-order valence-electron chi connectivity index (χ2n) is 3.74. The number of aromatic nitrogens is 1. The number of nitrogen functional groups attached to an aromatic ring is 1. The van der Waals surface area contributed by atoms with E-state index >= 15 is 0 Å². The first kappa shape index (κ1) is 9.99. The van der Waals surface area contributed by atoms with E-state index in [-0.39, 0.29) is 6.04 Å². The van der Waals surface area contributed by atoms with Crippen molar-refractivity contribution in [3.05, 3.63) is 23.4 Å². The molecule has 4 N–H and O–H groups in total. The summed E-state index contributed by atoms with van der Waals surface area (Å²) in [5, 5.41) is 0. The Morgan fingerprint density at radius 2 is 2.00 bits per heavy atom. The molecule has 72 valence electrons. The Labute approximate surface area is 79.2 Å². The zero-order valence-corrected chi connectivity index (χ0v) is 8.41. The van der Waals surface area contributed by atoms with Gasteiger partial charge in [-0.15, -0.1) is 0 Å². The number of aryl methyl sites for hydroxylation is 1. The number of nitrogens with zero attached hydrogens (tertiary/aromatic N) is 1. The number of anilines is 1. The number of nitrogens with two attached hydrogens (primary N) is 2. The van der Waals surface area contributed by atoms with Crippen LogP contribution in [0, 0.1) is 12.8 Å². The van der Waals surface area contributed by atoms with E-state index in [0.29, 0.717) is 11.7 Å². The molecular weight excluding hydrogens is 162 g/mol. The molecule has 0 saturated heterocycles. The van der Waals surface area contributed by atoms with Gasteiger partial charge >= 0.3 is 0 Å². The maximum Gasteiger partial charge on any atom is 0.123 e. The maximum atomic E-state index is 6.01. The van der Waals surface area contributed by atoms with Crippen molar-refractivity contribution in [1.82, 2.24) is 4.98 Å². The third-order valence-electron chi connectivity index (χ3n) is 2.25. The van der Waals surface area contributed by atoms with E-state index in [9.17, 15) is 0 Å². The van der Waals surface area contributed by atoms with Crippen LogP contribution < -0.4 is 11.5 Å². The molecule has 3 heteroatoms. The van der Waals surface area contributed by atoms with Crippen LogP contribution in [0.3, 0.4) is 0 Å². The van der Waals surface area contributed by atoms with Crippen molar-refractivity contribution in [2.45, 2.75) is 26.8 Å². The minimum absolute atomic E-state index is 0.0492.